The average Bonchev–Trinajstić information content (AvgIpc) is 2.37. The number of nitriles is 1. The van der Waals surface area contributed by atoms with Gasteiger partial charge in [0.1, 0.15) is 11.7 Å². The molecule has 132 valence electrons. The Labute approximate surface area is 148 Å². The maximum atomic E-state index is 12.1. The van der Waals surface area contributed by atoms with E-state index in [0.717, 1.165) is 0 Å². The van der Waals surface area contributed by atoms with E-state index >= 15 is 0 Å². The first kappa shape index (κ1) is 20.1. The average molecular weight is 354 g/mol. The summed E-state index contributed by atoms with van der Waals surface area (Å²) in [7, 11) is 0. The number of nitrogens with zero attached hydrogens (tertiary/aromatic N) is 4. The largest absolute Gasteiger partial charge is 0.443 e. The van der Waals surface area contributed by atoms with Crippen molar-refractivity contribution >= 4 is 17.7 Å². The van der Waals surface area contributed by atoms with Gasteiger partial charge in [0.2, 0.25) is 5.82 Å². The second kappa shape index (κ2) is 7.77. The molecule has 1 N–H and O–H groups in total. The maximum absolute atomic E-state index is 12.1. The van der Waals surface area contributed by atoms with Crippen molar-refractivity contribution in [2.45, 2.75) is 53.7 Å². The SMILES string of the molecule is CC(C)(C)CN(Cc1nc(C#N)ncc1Cl)NC(=O)OC(C)(C)C. The maximum Gasteiger partial charge on any atom is 0.422 e. The molecule has 1 aromatic heterocycles. The number of hydrazine groups is 1. The number of rotatable bonds is 4. The van der Waals surface area contributed by atoms with Crippen LogP contribution in [0.1, 0.15) is 53.1 Å². The Morgan fingerprint density at radius 2 is 2.00 bits per heavy atom. The van der Waals surface area contributed by atoms with Crippen molar-refractivity contribution in [3.05, 3.63) is 22.7 Å². The predicted molar refractivity (Wildman–Crippen MR) is 91.0 cm³/mol. The third-order valence-corrected chi connectivity index (χ3v) is 2.89. The van der Waals surface area contributed by atoms with Crippen LogP contribution in [0.4, 0.5) is 4.79 Å². The molecule has 1 aromatic rings. The fraction of sp³-hybridized carbons (Fsp3) is 0.625. The molecule has 0 aromatic carbocycles. The Bertz CT molecular complexity index is 629. The molecule has 1 amide bonds. The van der Waals surface area contributed by atoms with Crippen molar-refractivity contribution < 1.29 is 9.53 Å². The van der Waals surface area contributed by atoms with Gasteiger partial charge in [-0.2, -0.15) is 5.26 Å². The summed E-state index contributed by atoms with van der Waals surface area (Å²) in [4.78, 5) is 20.0. The lowest BCUT2D eigenvalue weighted by Crippen LogP contribution is -2.47. The van der Waals surface area contributed by atoms with E-state index in [9.17, 15) is 4.79 Å². The van der Waals surface area contributed by atoms with E-state index in [-0.39, 0.29) is 17.8 Å². The van der Waals surface area contributed by atoms with Crippen molar-refractivity contribution in [2.75, 3.05) is 6.54 Å². The second-order valence-electron chi connectivity index (χ2n) is 7.63. The van der Waals surface area contributed by atoms with Crippen LogP contribution in [0.15, 0.2) is 6.20 Å². The number of carbonyl (C=O) groups is 1. The van der Waals surface area contributed by atoms with Crippen LogP contribution < -0.4 is 5.43 Å². The molecule has 0 bridgehead atoms. The van der Waals surface area contributed by atoms with Crippen LogP contribution in [-0.4, -0.2) is 33.2 Å². The van der Waals surface area contributed by atoms with Crippen molar-refractivity contribution in [2.24, 2.45) is 5.41 Å². The van der Waals surface area contributed by atoms with E-state index in [2.05, 4.69) is 15.4 Å². The lowest BCUT2D eigenvalue weighted by molar-refractivity contribution is 0.0252. The Hall–Kier alpha value is -1.91. The number of aromatic nitrogens is 2. The van der Waals surface area contributed by atoms with Gasteiger partial charge in [0.15, 0.2) is 0 Å². The number of hydrogen-bond donors (Lipinski definition) is 1. The second-order valence-corrected chi connectivity index (χ2v) is 8.04. The summed E-state index contributed by atoms with van der Waals surface area (Å²) < 4.78 is 5.29. The van der Waals surface area contributed by atoms with E-state index in [1.807, 2.05) is 26.8 Å². The number of halogens is 1. The minimum Gasteiger partial charge on any atom is -0.443 e. The molecule has 7 nitrogen and oxygen atoms in total. The van der Waals surface area contributed by atoms with Crippen molar-refractivity contribution in [3.63, 3.8) is 0 Å². The summed E-state index contributed by atoms with van der Waals surface area (Å²) in [6.07, 6.45) is 0.822. The van der Waals surface area contributed by atoms with Gasteiger partial charge in [-0.3, -0.25) is 5.43 Å². The molecule has 8 heteroatoms. The fourth-order valence-corrected chi connectivity index (χ4v) is 2.04. The number of carbonyl (C=O) groups excluding carboxylic acids is 1. The van der Waals surface area contributed by atoms with Crippen LogP contribution >= 0.6 is 11.6 Å². The summed E-state index contributed by atoms with van der Waals surface area (Å²) in [6.45, 7) is 12.3. The zero-order valence-electron chi connectivity index (χ0n) is 15.0. The smallest absolute Gasteiger partial charge is 0.422 e. The van der Waals surface area contributed by atoms with E-state index < -0.39 is 11.7 Å². The number of ether oxygens (including phenoxy) is 1. The molecule has 0 saturated heterocycles. The monoisotopic (exact) mass is 353 g/mol. The van der Waals surface area contributed by atoms with Crippen molar-refractivity contribution in [3.8, 4) is 6.07 Å². The molecule has 0 spiro atoms. The Morgan fingerprint density at radius 3 is 2.50 bits per heavy atom. The van der Waals surface area contributed by atoms with E-state index in [1.165, 1.54) is 6.20 Å². The van der Waals surface area contributed by atoms with Crippen LogP contribution in [0.2, 0.25) is 5.02 Å². The summed E-state index contributed by atoms with van der Waals surface area (Å²) >= 11 is 6.11. The standard InChI is InChI=1S/C16H24ClN5O2/c1-15(2,3)10-22(21-14(23)24-16(4,5)6)9-12-11(17)8-19-13(7-18)20-12/h8H,9-10H2,1-6H3,(H,21,23). The Kier molecular flexibility index (Phi) is 6.52. The lowest BCUT2D eigenvalue weighted by atomic mass is 9.96. The van der Waals surface area contributed by atoms with Gasteiger partial charge in [-0.1, -0.05) is 32.4 Å². The molecule has 1 heterocycles. The summed E-state index contributed by atoms with van der Waals surface area (Å²) in [5.74, 6) is 0.0300. The highest BCUT2D eigenvalue weighted by molar-refractivity contribution is 6.31. The predicted octanol–water partition coefficient (Wildman–Crippen LogP) is 3.29. The minimum atomic E-state index is -0.599. The molecule has 0 saturated carbocycles. The normalized spacial score (nSPS) is 12.0. The molecule has 0 fully saturated rings. The Balaban J connectivity index is 2.95. The molecule has 0 aliphatic heterocycles. The molecule has 0 aliphatic rings. The van der Waals surface area contributed by atoms with E-state index in [0.29, 0.717) is 17.3 Å². The highest BCUT2D eigenvalue weighted by Gasteiger charge is 2.23. The number of nitrogens with one attached hydrogen (secondary N) is 1. The molecule has 24 heavy (non-hydrogen) atoms. The van der Waals surface area contributed by atoms with Gasteiger partial charge in [-0.15, -0.1) is 0 Å². The van der Waals surface area contributed by atoms with Crippen LogP contribution in [0, 0.1) is 16.7 Å². The van der Waals surface area contributed by atoms with E-state index in [4.69, 9.17) is 21.6 Å². The van der Waals surface area contributed by atoms with Gasteiger partial charge in [0, 0.05) is 6.54 Å². The van der Waals surface area contributed by atoms with Crippen molar-refractivity contribution in [1.82, 2.24) is 20.4 Å². The first-order valence-electron chi connectivity index (χ1n) is 7.56. The number of amides is 1. The molecule has 1 rings (SSSR count). The van der Waals surface area contributed by atoms with Gasteiger partial charge >= 0.3 is 6.09 Å². The third kappa shape index (κ3) is 7.57. The Morgan fingerprint density at radius 1 is 1.38 bits per heavy atom. The number of hydrogen-bond acceptors (Lipinski definition) is 6. The fourth-order valence-electron chi connectivity index (χ4n) is 1.89. The summed E-state index contributed by atoms with van der Waals surface area (Å²) in [5.41, 5.74) is 2.49. The van der Waals surface area contributed by atoms with Gasteiger partial charge in [0.05, 0.1) is 23.5 Å². The van der Waals surface area contributed by atoms with Crippen LogP contribution in [0.25, 0.3) is 0 Å². The van der Waals surface area contributed by atoms with Gasteiger partial charge in [-0.25, -0.2) is 19.8 Å². The third-order valence-electron chi connectivity index (χ3n) is 2.57. The van der Waals surface area contributed by atoms with Gasteiger partial charge in [0.25, 0.3) is 0 Å². The molecule has 0 aliphatic carbocycles. The zero-order chi connectivity index (χ0) is 18.5. The highest BCUT2D eigenvalue weighted by atomic mass is 35.5. The van der Waals surface area contributed by atoms with Gasteiger partial charge < -0.3 is 4.74 Å². The molecular formula is C16H24ClN5O2. The highest BCUT2D eigenvalue weighted by Crippen LogP contribution is 2.19. The quantitative estimate of drug-likeness (QED) is 0.835. The van der Waals surface area contributed by atoms with Crippen LogP contribution in [0.5, 0.6) is 0 Å². The van der Waals surface area contributed by atoms with E-state index in [1.54, 1.807) is 25.8 Å². The molecular weight excluding hydrogens is 330 g/mol. The van der Waals surface area contributed by atoms with Crippen LogP contribution in [-0.2, 0) is 11.3 Å². The first-order chi connectivity index (χ1) is 10.9. The topological polar surface area (TPSA) is 91.1 Å². The summed E-state index contributed by atoms with van der Waals surface area (Å²) in [6, 6.07) is 1.88. The zero-order valence-corrected chi connectivity index (χ0v) is 15.7. The van der Waals surface area contributed by atoms with Gasteiger partial charge in [-0.05, 0) is 26.2 Å². The van der Waals surface area contributed by atoms with Crippen LogP contribution in [0.3, 0.4) is 0 Å². The lowest BCUT2D eigenvalue weighted by Gasteiger charge is -2.31. The molecule has 0 atom stereocenters. The van der Waals surface area contributed by atoms with Crippen molar-refractivity contribution in [1.29, 1.82) is 5.26 Å². The molecule has 0 unspecified atom stereocenters. The summed E-state index contributed by atoms with van der Waals surface area (Å²) in [5, 5.41) is 10.9. The first-order valence-corrected chi connectivity index (χ1v) is 7.93. The minimum absolute atomic E-state index is 0.0300. The molecule has 0 radical (unpaired) electrons.